The van der Waals surface area contributed by atoms with Crippen molar-refractivity contribution >= 4 is 11.0 Å². The van der Waals surface area contributed by atoms with E-state index in [1.807, 2.05) is 0 Å². The van der Waals surface area contributed by atoms with Crippen molar-refractivity contribution in [2.45, 2.75) is 0 Å². The molecule has 6 heteroatoms. The lowest BCUT2D eigenvalue weighted by molar-refractivity contribution is 0.393. The van der Waals surface area contributed by atoms with E-state index in [2.05, 4.69) is 0 Å². The highest BCUT2D eigenvalue weighted by Crippen LogP contribution is 2.37. The quantitative estimate of drug-likeness (QED) is 0.629. The third kappa shape index (κ3) is 2.01. The predicted molar refractivity (Wildman–Crippen MR) is 79.5 cm³/mol. The largest absolute Gasteiger partial charge is 0.508 e. The van der Waals surface area contributed by atoms with Gasteiger partial charge in [-0.1, -0.05) is 0 Å². The van der Waals surface area contributed by atoms with E-state index in [1.165, 1.54) is 31.4 Å². The second kappa shape index (κ2) is 5.00. The second-order valence-electron chi connectivity index (χ2n) is 4.65. The van der Waals surface area contributed by atoms with Crippen LogP contribution in [0.15, 0.2) is 45.6 Å². The van der Waals surface area contributed by atoms with E-state index < -0.39 is 16.9 Å². The van der Waals surface area contributed by atoms with Crippen LogP contribution in [0.4, 0.5) is 0 Å². The summed E-state index contributed by atoms with van der Waals surface area (Å²) in [5, 5.41) is 28.6. The Labute approximate surface area is 124 Å². The first kappa shape index (κ1) is 13.8. The topological polar surface area (TPSA) is 100 Å². The van der Waals surface area contributed by atoms with Gasteiger partial charge in [0.05, 0.1) is 7.11 Å². The maximum atomic E-state index is 12.5. The Hall–Kier alpha value is -3.15. The highest BCUT2D eigenvalue weighted by atomic mass is 16.5. The van der Waals surface area contributed by atoms with Gasteiger partial charge in [0.15, 0.2) is 17.3 Å². The van der Waals surface area contributed by atoms with Gasteiger partial charge in [-0.2, -0.15) is 0 Å². The van der Waals surface area contributed by atoms with Crippen LogP contribution in [0, 0.1) is 0 Å². The van der Waals surface area contributed by atoms with Crippen molar-refractivity contribution in [2.75, 3.05) is 7.11 Å². The molecule has 0 bridgehead atoms. The number of methoxy groups -OCH3 is 1. The highest BCUT2D eigenvalue weighted by Gasteiger charge is 2.20. The minimum absolute atomic E-state index is 0.0772. The van der Waals surface area contributed by atoms with Gasteiger partial charge in [0.25, 0.3) is 0 Å². The smallest absolute Gasteiger partial charge is 0.239 e. The molecule has 6 nitrogen and oxygen atoms in total. The molecule has 0 aliphatic rings. The van der Waals surface area contributed by atoms with Gasteiger partial charge >= 0.3 is 0 Å². The molecule has 0 radical (unpaired) electrons. The Morgan fingerprint density at radius 3 is 2.32 bits per heavy atom. The summed E-state index contributed by atoms with van der Waals surface area (Å²) in [7, 11) is 1.31. The zero-order chi connectivity index (χ0) is 15.9. The lowest BCUT2D eigenvalue weighted by Gasteiger charge is -2.10. The Balaban J connectivity index is 2.39. The van der Waals surface area contributed by atoms with E-state index >= 15 is 0 Å². The van der Waals surface area contributed by atoms with Gasteiger partial charge in [-0.25, -0.2) is 0 Å². The molecule has 2 aromatic carbocycles. The number of phenols is 3. The number of aromatic hydroxyl groups is 3. The minimum atomic E-state index is -0.597. The van der Waals surface area contributed by atoms with Gasteiger partial charge in [-0.15, -0.1) is 0 Å². The number of hydrogen-bond acceptors (Lipinski definition) is 6. The second-order valence-corrected chi connectivity index (χ2v) is 4.65. The van der Waals surface area contributed by atoms with Crippen molar-refractivity contribution < 1.29 is 24.5 Å². The average Bonchev–Trinajstić information content (AvgIpc) is 2.51. The van der Waals surface area contributed by atoms with E-state index in [9.17, 15) is 20.1 Å². The maximum Gasteiger partial charge on any atom is 0.239 e. The normalized spacial score (nSPS) is 10.8. The van der Waals surface area contributed by atoms with Gasteiger partial charge in [-0.3, -0.25) is 4.79 Å². The first-order chi connectivity index (χ1) is 10.5. The molecular weight excluding hydrogens is 288 g/mol. The van der Waals surface area contributed by atoms with Gasteiger partial charge < -0.3 is 24.5 Å². The van der Waals surface area contributed by atoms with Crippen molar-refractivity contribution in [3.05, 3.63) is 46.6 Å². The zero-order valence-electron chi connectivity index (χ0n) is 11.5. The van der Waals surface area contributed by atoms with Crippen LogP contribution in [0.25, 0.3) is 22.3 Å². The van der Waals surface area contributed by atoms with Crippen molar-refractivity contribution in [1.82, 2.24) is 0 Å². The highest BCUT2D eigenvalue weighted by molar-refractivity contribution is 5.89. The van der Waals surface area contributed by atoms with Gasteiger partial charge in [0, 0.05) is 5.56 Å². The van der Waals surface area contributed by atoms with E-state index in [0.717, 1.165) is 0 Å². The van der Waals surface area contributed by atoms with Crippen LogP contribution >= 0.6 is 0 Å². The van der Waals surface area contributed by atoms with E-state index in [4.69, 9.17) is 9.15 Å². The fraction of sp³-hybridized carbons (Fsp3) is 0.0625. The summed E-state index contributed by atoms with van der Waals surface area (Å²) in [5.41, 5.74) is 0.0469. The number of fused-ring (bicyclic) bond motifs is 1. The maximum absolute atomic E-state index is 12.5. The third-order valence-electron chi connectivity index (χ3n) is 3.30. The Morgan fingerprint density at radius 1 is 1.00 bits per heavy atom. The summed E-state index contributed by atoms with van der Waals surface area (Å²) in [6.07, 6.45) is 0. The lowest BCUT2D eigenvalue weighted by atomic mass is 10.1. The number of rotatable bonds is 2. The van der Waals surface area contributed by atoms with E-state index in [0.29, 0.717) is 5.56 Å². The Kier molecular flexibility index (Phi) is 3.14. The molecule has 0 atom stereocenters. The Morgan fingerprint density at radius 2 is 1.68 bits per heavy atom. The standard InChI is InChI=1S/C16H12O6/c1-21-16-14(20)12-11(7-6-10(18)13(12)19)22-15(16)8-2-4-9(17)5-3-8/h2-7,17-19H,1H3. The monoisotopic (exact) mass is 300 g/mol. The molecule has 3 aromatic rings. The summed E-state index contributed by atoms with van der Waals surface area (Å²) < 4.78 is 10.8. The number of hydrogen-bond donors (Lipinski definition) is 3. The van der Waals surface area contributed by atoms with Crippen LogP contribution in [0.2, 0.25) is 0 Å². The molecule has 0 unspecified atom stereocenters. The zero-order valence-corrected chi connectivity index (χ0v) is 11.5. The van der Waals surface area contributed by atoms with Crippen molar-refractivity contribution in [3.63, 3.8) is 0 Å². The molecule has 0 fully saturated rings. The molecule has 0 amide bonds. The predicted octanol–water partition coefficient (Wildman–Crippen LogP) is 2.59. The molecule has 112 valence electrons. The molecule has 22 heavy (non-hydrogen) atoms. The van der Waals surface area contributed by atoms with Gasteiger partial charge in [0.2, 0.25) is 11.2 Å². The summed E-state index contributed by atoms with van der Waals surface area (Å²) in [6.45, 7) is 0. The van der Waals surface area contributed by atoms with Crippen molar-refractivity contribution in [1.29, 1.82) is 0 Å². The van der Waals surface area contributed by atoms with Crippen molar-refractivity contribution in [2.24, 2.45) is 0 Å². The summed E-state index contributed by atoms with van der Waals surface area (Å²) >= 11 is 0. The van der Waals surface area contributed by atoms with Crippen LogP contribution in [0.5, 0.6) is 23.0 Å². The number of benzene rings is 2. The fourth-order valence-electron chi connectivity index (χ4n) is 2.23. The third-order valence-corrected chi connectivity index (χ3v) is 3.30. The van der Waals surface area contributed by atoms with Gasteiger partial charge in [-0.05, 0) is 36.4 Å². The number of phenolic OH excluding ortho intramolecular Hbond substituents is 3. The molecule has 0 saturated heterocycles. The molecule has 3 rings (SSSR count). The van der Waals surface area contributed by atoms with E-state index in [1.54, 1.807) is 12.1 Å². The van der Waals surface area contributed by atoms with Crippen molar-refractivity contribution in [3.8, 4) is 34.3 Å². The molecule has 0 saturated carbocycles. The lowest BCUT2D eigenvalue weighted by Crippen LogP contribution is -2.07. The molecule has 3 N–H and O–H groups in total. The molecule has 0 aliphatic carbocycles. The molecule has 0 spiro atoms. The summed E-state index contributed by atoms with van der Waals surface area (Å²) in [4.78, 5) is 12.5. The first-order valence-electron chi connectivity index (χ1n) is 6.38. The Bertz CT molecular complexity index is 909. The molecular formula is C16H12O6. The van der Waals surface area contributed by atoms with Crippen LogP contribution in [-0.4, -0.2) is 22.4 Å². The van der Waals surface area contributed by atoms with Crippen LogP contribution < -0.4 is 10.2 Å². The summed E-state index contributed by atoms with van der Waals surface area (Å²) in [6, 6.07) is 8.66. The summed E-state index contributed by atoms with van der Waals surface area (Å²) in [5.74, 6) is -0.821. The van der Waals surface area contributed by atoms with Gasteiger partial charge in [0.1, 0.15) is 16.7 Å². The molecule has 1 aromatic heterocycles. The SMILES string of the molecule is COc1c(-c2ccc(O)cc2)oc2ccc(O)c(O)c2c1=O. The van der Waals surface area contributed by atoms with Crippen LogP contribution in [0.1, 0.15) is 0 Å². The van der Waals surface area contributed by atoms with E-state index in [-0.39, 0.29) is 28.2 Å². The molecule has 1 heterocycles. The number of ether oxygens (including phenoxy) is 1. The molecule has 0 aliphatic heterocycles. The average molecular weight is 300 g/mol. The fourth-order valence-corrected chi connectivity index (χ4v) is 2.23. The minimum Gasteiger partial charge on any atom is -0.508 e. The first-order valence-corrected chi connectivity index (χ1v) is 6.38. The van der Waals surface area contributed by atoms with Crippen LogP contribution in [-0.2, 0) is 0 Å². The van der Waals surface area contributed by atoms with Crippen LogP contribution in [0.3, 0.4) is 0 Å².